The predicted octanol–water partition coefficient (Wildman–Crippen LogP) is 4.74. The van der Waals surface area contributed by atoms with Crippen molar-refractivity contribution in [1.29, 1.82) is 0 Å². The van der Waals surface area contributed by atoms with Crippen molar-refractivity contribution in [1.82, 2.24) is 4.98 Å². The minimum Gasteiger partial charge on any atom is -0.348 e. The Balaban J connectivity index is 1.51. The van der Waals surface area contributed by atoms with Gasteiger partial charge in [-0.05, 0) is 49.6 Å². The quantitative estimate of drug-likeness (QED) is 0.733. The number of nitrogens with one attached hydrogen (secondary N) is 1. The Bertz CT molecular complexity index is 834. The number of carbonyl (C=O) groups is 1. The van der Waals surface area contributed by atoms with E-state index in [0.29, 0.717) is 10.6 Å². The third-order valence-corrected chi connectivity index (χ3v) is 6.25. The number of hydrogen-bond donors (Lipinski definition) is 1. The molecule has 1 N–H and O–H groups in total. The van der Waals surface area contributed by atoms with E-state index >= 15 is 0 Å². The molecule has 1 saturated heterocycles. The number of hydrogen-bond acceptors (Lipinski definition) is 5. The van der Waals surface area contributed by atoms with Crippen molar-refractivity contribution in [3.05, 3.63) is 41.0 Å². The number of carbonyl (C=O) groups excluding carboxylic acids is 1. The molecule has 0 aliphatic carbocycles. The van der Waals surface area contributed by atoms with Crippen LogP contribution in [0.3, 0.4) is 0 Å². The van der Waals surface area contributed by atoms with Gasteiger partial charge in [-0.2, -0.15) is 0 Å². The molecule has 0 saturated carbocycles. The zero-order valence-electron chi connectivity index (χ0n) is 12.9. The second-order valence-corrected chi connectivity index (χ2v) is 7.82. The zero-order valence-corrected chi connectivity index (χ0v) is 14.6. The number of nitrogens with zero attached hydrogens (tertiary/aromatic N) is 2. The Labute approximate surface area is 146 Å². The molecule has 2 aromatic heterocycles. The molecule has 0 unspecified atom stereocenters. The van der Waals surface area contributed by atoms with E-state index in [2.05, 4.69) is 10.2 Å². The maximum absolute atomic E-state index is 12.9. The Morgan fingerprint density at radius 3 is 2.58 bits per heavy atom. The molecule has 0 radical (unpaired) electrons. The fourth-order valence-corrected chi connectivity index (χ4v) is 4.94. The maximum Gasteiger partial charge on any atom is 0.265 e. The smallest absolute Gasteiger partial charge is 0.265 e. The summed E-state index contributed by atoms with van der Waals surface area (Å²) in [4.78, 5) is 20.9. The second-order valence-electron chi connectivity index (χ2n) is 5.79. The van der Waals surface area contributed by atoms with E-state index < -0.39 is 0 Å². The molecule has 4 nitrogen and oxygen atoms in total. The highest BCUT2D eigenvalue weighted by Crippen LogP contribution is 2.35. The SMILES string of the molecule is O=C(Nc1ccc(F)cc1)c1cc2sc(N3CCCCC3)nc2s1. The summed E-state index contributed by atoms with van der Waals surface area (Å²) in [7, 11) is 0. The highest BCUT2D eigenvalue weighted by atomic mass is 32.1. The fraction of sp³-hybridized carbons (Fsp3) is 0.294. The van der Waals surface area contributed by atoms with Crippen molar-refractivity contribution in [2.75, 3.05) is 23.3 Å². The maximum atomic E-state index is 12.9. The first-order valence-electron chi connectivity index (χ1n) is 7.91. The first kappa shape index (κ1) is 15.5. The van der Waals surface area contributed by atoms with Crippen LogP contribution < -0.4 is 10.2 Å². The second kappa shape index (κ2) is 6.49. The molecule has 1 amide bonds. The van der Waals surface area contributed by atoms with Gasteiger partial charge in [0.05, 0.1) is 9.58 Å². The van der Waals surface area contributed by atoms with Crippen LogP contribution >= 0.6 is 22.7 Å². The van der Waals surface area contributed by atoms with E-state index in [9.17, 15) is 9.18 Å². The summed E-state index contributed by atoms with van der Waals surface area (Å²) in [6.07, 6.45) is 3.74. The van der Waals surface area contributed by atoms with Crippen LogP contribution in [0.5, 0.6) is 0 Å². The monoisotopic (exact) mass is 361 g/mol. The van der Waals surface area contributed by atoms with Gasteiger partial charge >= 0.3 is 0 Å². The number of fused-ring (bicyclic) bond motifs is 1. The van der Waals surface area contributed by atoms with Crippen LogP contribution in [0, 0.1) is 5.82 Å². The molecule has 7 heteroatoms. The van der Waals surface area contributed by atoms with Crippen molar-refractivity contribution in [2.45, 2.75) is 19.3 Å². The van der Waals surface area contributed by atoms with Gasteiger partial charge in [-0.3, -0.25) is 4.79 Å². The first-order valence-corrected chi connectivity index (χ1v) is 9.54. The van der Waals surface area contributed by atoms with Gasteiger partial charge in [0.15, 0.2) is 5.13 Å². The van der Waals surface area contributed by atoms with Crippen LogP contribution in [0.4, 0.5) is 15.2 Å². The summed E-state index contributed by atoms with van der Waals surface area (Å²) in [6, 6.07) is 7.65. The number of anilines is 2. The normalized spacial score (nSPS) is 15.0. The molecule has 3 aromatic rings. The fourth-order valence-electron chi connectivity index (χ4n) is 2.78. The zero-order chi connectivity index (χ0) is 16.5. The average Bonchev–Trinajstić information content (AvgIpc) is 3.17. The van der Waals surface area contributed by atoms with Gasteiger partial charge in [0.2, 0.25) is 0 Å². The number of rotatable bonds is 3. The summed E-state index contributed by atoms with van der Waals surface area (Å²) in [5.41, 5.74) is 0.583. The van der Waals surface area contributed by atoms with E-state index in [1.165, 1.54) is 42.7 Å². The third-order valence-electron chi connectivity index (χ3n) is 4.03. The summed E-state index contributed by atoms with van der Waals surface area (Å²) in [5, 5.41) is 3.84. The van der Waals surface area contributed by atoms with E-state index in [1.807, 2.05) is 6.07 Å². The highest BCUT2D eigenvalue weighted by molar-refractivity contribution is 7.29. The average molecular weight is 361 g/mol. The van der Waals surface area contributed by atoms with Crippen molar-refractivity contribution in [2.24, 2.45) is 0 Å². The van der Waals surface area contributed by atoms with Gasteiger partial charge in [0, 0.05) is 18.8 Å². The first-order chi connectivity index (χ1) is 11.7. The number of halogens is 1. The molecule has 3 heterocycles. The Kier molecular flexibility index (Phi) is 4.20. The largest absolute Gasteiger partial charge is 0.348 e. The molecular weight excluding hydrogens is 345 g/mol. The van der Waals surface area contributed by atoms with Crippen LogP contribution in [0.15, 0.2) is 30.3 Å². The standard InChI is InChI=1S/C17H16FN3OS2/c18-11-4-6-12(7-5-11)19-15(22)13-10-14-16(23-13)20-17(24-14)21-8-2-1-3-9-21/h4-7,10H,1-3,8-9H2,(H,19,22). The summed E-state index contributed by atoms with van der Waals surface area (Å²) in [5.74, 6) is -0.504. The summed E-state index contributed by atoms with van der Waals surface area (Å²) in [6.45, 7) is 2.14. The Morgan fingerprint density at radius 2 is 1.88 bits per heavy atom. The number of aromatic nitrogens is 1. The molecule has 1 aromatic carbocycles. The molecule has 24 heavy (non-hydrogen) atoms. The third kappa shape index (κ3) is 3.14. The molecule has 1 fully saturated rings. The molecule has 1 aliphatic rings. The Morgan fingerprint density at radius 1 is 1.12 bits per heavy atom. The lowest BCUT2D eigenvalue weighted by molar-refractivity contribution is 0.103. The lowest BCUT2D eigenvalue weighted by Crippen LogP contribution is -2.29. The van der Waals surface area contributed by atoms with Gasteiger partial charge in [-0.1, -0.05) is 11.3 Å². The van der Waals surface area contributed by atoms with E-state index in [4.69, 9.17) is 4.98 Å². The van der Waals surface area contributed by atoms with Gasteiger partial charge < -0.3 is 10.2 Å². The minimum atomic E-state index is -0.320. The summed E-state index contributed by atoms with van der Waals surface area (Å²) < 4.78 is 14.0. The van der Waals surface area contributed by atoms with Crippen LogP contribution in [-0.4, -0.2) is 24.0 Å². The molecule has 0 atom stereocenters. The topological polar surface area (TPSA) is 45.2 Å². The Hall–Kier alpha value is -1.99. The minimum absolute atomic E-state index is 0.184. The number of piperidine rings is 1. The van der Waals surface area contributed by atoms with E-state index in [0.717, 1.165) is 27.8 Å². The molecule has 0 spiro atoms. The molecule has 1 aliphatic heterocycles. The van der Waals surface area contributed by atoms with E-state index in [1.54, 1.807) is 23.5 Å². The molecular formula is C17H16FN3OS2. The molecule has 0 bridgehead atoms. The lowest BCUT2D eigenvalue weighted by atomic mass is 10.1. The van der Waals surface area contributed by atoms with Crippen LogP contribution in [0.25, 0.3) is 9.53 Å². The van der Waals surface area contributed by atoms with Gasteiger partial charge in [0.1, 0.15) is 10.6 Å². The van der Waals surface area contributed by atoms with Crippen molar-refractivity contribution >= 4 is 48.9 Å². The van der Waals surface area contributed by atoms with Gasteiger partial charge in [0.25, 0.3) is 5.91 Å². The van der Waals surface area contributed by atoms with Crippen molar-refractivity contribution < 1.29 is 9.18 Å². The van der Waals surface area contributed by atoms with Crippen LogP contribution in [0.2, 0.25) is 0 Å². The van der Waals surface area contributed by atoms with Crippen LogP contribution in [-0.2, 0) is 0 Å². The number of thiophene rings is 1. The molecule has 4 rings (SSSR count). The molecule has 124 valence electrons. The number of amides is 1. The lowest BCUT2D eigenvalue weighted by Gasteiger charge is -2.25. The number of thiazole rings is 1. The van der Waals surface area contributed by atoms with Gasteiger partial charge in [-0.15, -0.1) is 11.3 Å². The predicted molar refractivity (Wildman–Crippen MR) is 97.9 cm³/mol. The van der Waals surface area contributed by atoms with Crippen molar-refractivity contribution in [3.8, 4) is 0 Å². The van der Waals surface area contributed by atoms with Crippen molar-refractivity contribution in [3.63, 3.8) is 0 Å². The van der Waals surface area contributed by atoms with Crippen LogP contribution in [0.1, 0.15) is 28.9 Å². The number of benzene rings is 1. The highest BCUT2D eigenvalue weighted by Gasteiger charge is 2.18. The van der Waals surface area contributed by atoms with Gasteiger partial charge in [-0.25, -0.2) is 9.37 Å². The van der Waals surface area contributed by atoms with E-state index in [-0.39, 0.29) is 11.7 Å². The summed E-state index contributed by atoms with van der Waals surface area (Å²) >= 11 is 3.05.